The van der Waals surface area contributed by atoms with E-state index in [4.69, 9.17) is 4.74 Å². The van der Waals surface area contributed by atoms with Gasteiger partial charge in [0.1, 0.15) is 17.1 Å². The molecule has 142 valence electrons. The van der Waals surface area contributed by atoms with Gasteiger partial charge < -0.3 is 19.7 Å². The second-order valence-electron chi connectivity index (χ2n) is 6.48. The van der Waals surface area contributed by atoms with Gasteiger partial charge in [0.25, 0.3) is 0 Å². The number of aromatic nitrogens is 1. The summed E-state index contributed by atoms with van der Waals surface area (Å²) in [5.74, 6) is -1.92. The highest BCUT2D eigenvalue weighted by Gasteiger charge is 2.36. The number of nitrogens with zero attached hydrogens (tertiary/aromatic N) is 1. The predicted octanol–water partition coefficient (Wildman–Crippen LogP) is 3.80. The molecule has 1 atom stereocenters. The molecule has 0 aliphatic carbocycles. The predicted molar refractivity (Wildman–Crippen MR) is 101 cm³/mol. The van der Waals surface area contributed by atoms with Gasteiger partial charge >= 0.3 is 5.97 Å². The SMILES string of the molecule is COc1ccccc1[C@@H]1CC(=O)Nc2c(C(=O)O)cn(-c3ccccc3F)c21. The number of halogens is 1. The zero-order chi connectivity index (χ0) is 19.8. The zero-order valence-electron chi connectivity index (χ0n) is 15.0. The lowest BCUT2D eigenvalue weighted by molar-refractivity contribution is -0.116. The maximum absolute atomic E-state index is 14.5. The highest BCUT2D eigenvalue weighted by molar-refractivity contribution is 6.04. The first kappa shape index (κ1) is 17.8. The number of carbonyl (C=O) groups excluding carboxylic acids is 1. The first-order valence-electron chi connectivity index (χ1n) is 8.67. The fourth-order valence-corrected chi connectivity index (χ4v) is 3.69. The molecule has 1 aromatic heterocycles. The van der Waals surface area contributed by atoms with E-state index < -0.39 is 17.7 Å². The Morgan fingerprint density at radius 1 is 1.21 bits per heavy atom. The number of benzene rings is 2. The summed E-state index contributed by atoms with van der Waals surface area (Å²) in [4.78, 5) is 24.2. The molecule has 3 aromatic rings. The second kappa shape index (κ2) is 6.84. The van der Waals surface area contributed by atoms with Gasteiger partial charge in [-0.3, -0.25) is 4.79 Å². The molecule has 2 heterocycles. The number of nitrogens with one attached hydrogen (secondary N) is 1. The first-order chi connectivity index (χ1) is 13.5. The average molecular weight is 380 g/mol. The van der Waals surface area contributed by atoms with Crippen LogP contribution in [-0.4, -0.2) is 28.7 Å². The Balaban J connectivity index is 2.02. The van der Waals surface area contributed by atoms with Crippen LogP contribution in [0.15, 0.2) is 54.7 Å². The monoisotopic (exact) mass is 380 g/mol. The van der Waals surface area contributed by atoms with E-state index in [0.717, 1.165) is 5.56 Å². The van der Waals surface area contributed by atoms with Crippen molar-refractivity contribution < 1.29 is 23.8 Å². The molecule has 0 bridgehead atoms. The molecule has 2 N–H and O–H groups in total. The van der Waals surface area contributed by atoms with Crippen molar-refractivity contribution in [2.45, 2.75) is 12.3 Å². The fourth-order valence-electron chi connectivity index (χ4n) is 3.69. The van der Waals surface area contributed by atoms with Crippen molar-refractivity contribution in [1.82, 2.24) is 4.57 Å². The number of para-hydroxylation sites is 2. The van der Waals surface area contributed by atoms with Crippen molar-refractivity contribution in [2.75, 3.05) is 12.4 Å². The van der Waals surface area contributed by atoms with Crippen LogP contribution in [0.3, 0.4) is 0 Å². The third-order valence-electron chi connectivity index (χ3n) is 4.88. The summed E-state index contributed by atoms with van der Waals surface area (Å²) in [6.07, 6.45) is 1.43. The second-order valence-corrected chi connectivity index (χ2v) is 6.48. The van der Waals surface area contributed by atoms with Crippen molar-refractivity contribution in [1.29, 1.82) is 0 Å². The zero-order valence-corrected chi connectivity index (χ0v) is 15.0. The highest BCUT2D eigenvalue weighted by atomic mass is 19.1. The fraction of sp³-hybridized carbons (Fsp3) is 0.143. The third kappa shape index (κ3) is 2.81. The van der Waals surface area contributed by atoms with E-state index in [-0.39, 0.29) is 29.3 Å². The summed E-state index contributed by atoms with van der Waals surface area (Å²) in [5, 5.41) is 12.3. The standard InChI is InChI=1S/C21H17FN2O4/c1-28-17-9-5-2-6-12(17)13-10-18(25)23-19-14(21(26)27)11-24(20(13)19)16-8-4-3-7-15(16)22/h2-9,11,13H,10H2,1H3,(H,23,25)(H,26,27)/t13-/m0/s1. The lowest BCUT2D eigenvalue weighted by Gasteiger charge is -2.27. The van der Waals surface area contributed by atoms with Gasteiger partial charge in [0, 0.05) is 24.1 Å². The number of methoxy groups -OCH3 is 1. The molecule has 1 aliphatic heterocycles. The molecule has 0 unspecified atom stereocenters. The molecule has 0 saturated heterocycles. The van der Waals surface area contributed by atoms with Crippen LogP contribution in [0.2, 0.25) is 0 Å². The number of carboxylic acid groups (broad SMARTS) is 1. The molecule has 7 heteroatoms. The highest BCUT2D eigenvalue weighted by Crippen LogP contribution is 2.44. The van der Waals surface area contributed by atoms with Gasteiger partial charge in [-0.2, -0.15) is 0 Å². The molecule has 0 saturated carbocycles. The minimum atomic E-state index is -1.20. The number of anilines is 1. The van der Waals surface area contributed by atoms with Crippen LogP contribution in [0.4, 0.5) is 10.1 Å². The maximum atomic E-state index is 14.5. The molecular formula is C21H17FN2O4. The van der Waals surface area contributed by atoms with Gasteiger partial charge in [-0.25, -0.2) is 9.18 Å². The molecular weight excluding hydrogens is 363 g/mol. The van der Waals surface area contributed by atoms with Crippen LogP contribution in [-0.2, 0) is 4.79 Å². The molecule has 28 heavy (non-hydrogen) atoms. The molecule has 4 rings (SSSR count). The van der Waals surface area contributed by atoms with Crippen LogP contribution >= 0.6 is 0 Å². The Bertz CT molecular complexity index is 1090. The summed E-state index contributed by atoms with van der Waals surface area (Å²) >= 11 is 0. The van der Waals surface area contributed by atoms with Gasteiger partial charge in [-0.1, -0.05) is 30.3 Å². The van der Waals surface area contributed by atoms with E-state index in [9.17, 15) is 19.1 Å². The first-order valence-corrected chi connectivity index (χ1v) is 8.67. The molecule has 2 aromatic carbocycles. The molecule has 0 spiro atoms. The third-order valence-corrected chi connectivity index (χ3v) is 4.88. The molecule has 6 nitrogen and oxygen atoms in total. The number of amides is 1. The van der Waals surface area contributed by atoms with Gasteiger partial charge in [0.2, 0.25) is 5.91 Å². The average Bonchev–Trinajstić information content (AvgIpc) is 3.07. The summed E-state index contributed by atoms with van der Waals surface area (Å²) in [6, 6.07) is 13.3. The minimum Gasteiger partial charge on any atom is -0.496 e. The maximum Gasteiger partial charge on any atom is 0.339 e. The summed E-state index contributed by atoms with van der Waals surface area (Å²) in [7, 11) is 1.53. The van der Waals surface area contributed by atoms with Crippen molar-refractivity contribution in [3.63, 3.8) is 0 Å². The van der Waals surface area contributed by atoms with Gasteiger partial charge in [-0.15, -0.1) is 0 Å². The molecule has 1 amide bonds. The summed E-state index contributed by atoms with van der Waals surface area (Å²) in [6.45, 7) is 0. The van der Waals surface area contributed by atoms with E-state index in [1.165, 1.54) is 23.9 Å². The topological polar surface area (TPSA) is 80.6 Å². The number of fused-ring (bicyclic) bond motifs is 1. The number of carbonyl (C=O) groups is 2. The van der Waals surface area contributed by atoms with Gasteiger partial charge in [-0.05, 0) is 18.2 Å². The van der Waals surface area contributed by atoms with E-state index in [2.05, 4.69) is 5.32 Å². The number of aromatic carboxylic acids is 1. The molecule has 0 radical (unpaired) electrons. The summed E-state index contributed by atoms with van der Waals surface area (Å²) in [5.41, 5.74) is 1.54. The van der Waals surface area contributed by atoms with E-state index in [1.54, 1.807) is 24.3 Å². The number of carboxylic acids is 1. The Morgan fingerprint density at radius 3 is 2.64 bits per heavy atom. The van der Waals surface area contributed by atoms with Crippen molar-refractivity contribution in [3.8, 4) is 11.4 Å². The lowest BCUT2D eigenvalue weighted by atomic mass is 9.87. The van der Waals surface area contributed by atoms with E-state index in [0.29, 0.717) is 11.4 Å². The van der Waals surface area contributed by atoms with Crippen molar-refractivity contribution in [3.05, 3.63) is 77.4 Å². The Kier molecular flexibility index (Phi) is 4.35. The van der Waals surface area contributed by atoms with Gasteiger partial charge in [0.15, 0.2) is 0 Å². The number of rotatable bonds is 4. The van der Waals surface area contributed by atoms with Crippen LogP contribution in [0, 0.1) is 5.82 Å². The molecule has 1 aliphatic rings. The van der Waals surface area contributed by atoms with Crippen LogP contribution < -0.4 is 10.1 Å². The van der Waals surface area contributed by atoms with Crippen molar-refractivity contribution >= 4 is 17.6 Å². The van der Waals surface area contributed by atoms with Gasteiger partial charge in [0.05, 0.1) is 24.2 Å². The smallest absolute Gasteiger partial charge is 0.339 e. The van der Waals surface area contributed by atoms with E-state index >= 15 is 0 Å². The van der Waals surface area contributed by atoms with Crippen molar-refractivity contribution in [2.24, 2.45) is 0 Å². The normalized spacial score (nSPS) is 15.6. The number of hydrogen-bond acceptors (Lipinski definition) is 3. The minimum absolute atomic E-state index is 0.0882. The van der Waals surface area contributed by atoms with E-state index in [1.807, 2.05) is 18.2 Å². The quantitative estimate of drug-likeness (QED) is 0.722. The Hall–Kier alpha value is -3.61. The van der Waals surface area contributed by atoms with Crippen LogP contribution in [0.25, 0.3) is 5.69 Å². The lowest BCUT2D eigenvalue weighted by Crippen LogP contribution is -2.26. The Labute approximate surface area is 160 Å². The molecule has 0 fully saturated rings. The van der Waals surface area contributed by atoms with Crippen LogP contribution in [0.1, 0.15) is 34.0 Å². The number of ether oxygens (including phenoxy) is 1. The van der Waals surface area contributed by atoms with Crippen LogP contribution in [0.5, 0.6) is 5.75 Å². The largest absolute Gasteiger partial charge is 0.496 e. The summed E-state index contributed by atoms with van der Waals surface area (Å²) < 4.78 is 21.5. The Morgan fingerprint density at radius 2 is 1.93 bits per heavy atom. The number of hydrogen-bond donors (Lipinski definition) is 2.